The molecule has 6 aliphatic rings. The van der Waals surface area contributed by atoms with Crippen LogP contribution in [0.1, 0.15) is 149 Å². The van der Waals surface area contributed by atoms with Crippen LogP contribution in [-0.2, 0) is 47.5 Å². The number of rotatable bonds is 9. The van der Waals surface area contributed by atoms with Crippen LogP contribution in [0.2, 0.25) is 5.28 Å². The molecule has 0 aromatic carbocycles. The van der Waals surface area contributed by atoms with Gasteiger partial charge in [0.05, 0.1) is 108 Å². The number of carboxylic acids is 1. The molecule has 10 heterocycles. The van der Waals surface area contributed by atoms with E-state index >= 15 is 0 Å². The van der Waals surface area contributed by atoms with Crippen molar-refractivity contribution >= 4 is 131 Å². The number of Topliss-reactive ketones (excluding diaryl/α,β-unsaturated/α-hetero) is 4. The maximum Gasteiger partial charge on any atom is 0.414 e. The number of amides is 2. The van der Waals surface area contributed by atoms with Crippen LogP contribution in [0.4, 0.5) is 71.3 Å². The number of carbonyl (C=O) groups is 8. The number of alkyl halides is 5. The SMILES string of the molecule is CC(=O)C1(C)CCN(C(=O)OC(C)(C)C)C=C1F.CC(=O)[C@@]1(C)CCN(C(=O)OC(C)(C)C)C[C@H]1F.CC(=O)[C@@]1(C)CCN(c2ncc(F)cn2)C[C@H]1F.CC(=O)[C@@]1(C)CCNC[C@H]1F.C[C@]1(C(=O)Cl)CCN(c2ncc(F)cn2)C[C@H]1F.C[C@]1(C(=O)O)CCN(c2ncc(F)cn2)C[C@H]1F.Cl.Fc1cnc(Cl)nc1.O=S(Cl)Cl. The lowest BCUT2D eigenvalue weighted by molar-refractivity contribution is -0.153. The van der Waals surface area contributed by atoms with E-state index < -0.39 is 136 Å². The summed E-state index contributed by atoms with van der Waals surface area (Å²) in [5.74, 6) is -3.67. The second-order valence-corrected chi connectivity index (χ2v) is 33.8. The Bertz CT molecular complexity index is 3700. The molecule has 6 aliphatic heterocycles. The number of carbonyl (C=O) groups excluding carboxylic acids is 7. The Labute approximate surface area is 683 Å². The number of allylic oxidation sites excluding steroid dienone is 1. The van der Waals surface area contributed by atoms with Crippen molar-refractivity contribution in [1.29, 1.82) is 0 Å². The van der Waals surface area contributed by atoms with E-state index in [0.717, 1.165) is 62.3 Å². The number of likely N-dealkylation sites (tertiary alicyclic amines) is 1. The summed E-state index contributed by atoms with van der Waals surface area (Å²) < 4.78 is 153. The number of aromatic nitrogens is 8. The van der Waals surface area contributed by atoms with Crippen LogP contribution in [0.15, 0.2) is 61.6 Å². The number of ether oxygens (including phenoxy) is 2. The van der Waals surface area contributed by atoms with E-state index in [1.54, 1.807) is 79.0 Å². The van der Waals surface area contributed by atoms with Gasteiger partial charge in [-0.1, -0.05) is 0 Å². The van der Waals surface area contributed by atoms with Gasteiger partial charge in [0.25, 0.3) is 0 Å². The average molecular weight is 1750 g/mol. The predicted molar refractivity (Wildman–Crippen MR) is 412 cm³/mol. The summed E-state index contributed by atoms with van der Waals surface area (Å²) in [5, 5.41) is 11.3. The number of ketones is 4. The van der Waals surface area contributed by atoms with Crippen LogP contribution in [0.3, 0.4) is 0 Å². The molecule has 0 spiro atoms. The van der Waals surface area contributed by atoms with Crippen LogP contribution < -0.4 is 20.0 Å². The minimum atomic E-state index is -1.67. The van der Waals surface area contributed by atoms with Gasteiger partial charge in [0.2, 0.25) is 37.6 Å². The van der Waals surface area contributed by atoms with Gasteiger partial charge in [-0.2, -0.15) is 0 Å². The van der Waals surface area contributed by atoms with E-state index in [1.165, 1.54) is 56.2 Å². The van der Waals surface area contributed by atoms with Crippen molar-refractivity contribution in [3.63, 3.8) is 0 Å². The van der Waals surface area contributed by atoms with Gasteiger partial charge in [-0.15, -0.1) is 12.4 Å². The maximum absolute atomic E-state index is 14.1. The first-order valence-corrected chi connectivity index (χ1v) is 38.9. The predicted octanol–water partition coefficient (Wildman–Crippen LogP) is 14.2. The molecule has 10 rings (SSSR count). The lowest BCUT2D eigenvalue weighted by atomic mass is 9.76. The van der Waals surface area contributed by atoms with E-state index in [0.29, 0.717) is 57.9 Å². The molecule has 4 aromatic rings. The summed E-state index contributed by atoms with van der Waals surface area (Å²) in [6, 6.07) is 0. The monoisotopic (exact) mass is 1750 g/mol. The number of aliphatic carboxylic acids is 1. The van der Waals surface area contributed by atoms with Gasteiger partial charge in [-0.3, -0.25) is 33.7 Å². The van der Waals surface area contributed by atoms with Crippen molar-refractivity contribution in [2.24, 2.45) is 32.5 Å². The highest BCUT2D eigenvalue weighted by molar-refractivity contribution is 8.26. The summed E-state index contributed by atoms with van der Waals surface area (Å²) in [4.78, 5) is 128. The molecule has 1 unspecified atom stereocenters. The first kappa shape index (κ1) is 103. The summed E-state index contributed by atoms with van der Waals surface area (Å²) in [5.41, 5.74) is -7.51. The molecule has 5 fully saturated rings. The number of nitrogens with zero attached hydrogens (tertiary/aromatic N) is 13. The molecule has 0 saturated carbocycles. The Morgan fingerprint density at radius 1 is 0.482 bits per heavy atom. The molecule has 5 saturated heterocycles. The molecule has 114 heavy (non-hydrogen) atoms. The van der Waals surface area contributed by atoms with Gasteiger partial charge in [0.15, 0.2) is 23.3 Å². The largest absolute Gasteiger partial charge is 0.481 e. The second-order valence-electron chi connectivity index (χ2n) is 30.6. The quantitative estimate of drug-likeness (QED) is 0.0893. The Kier molecular flexibility index (Phi) is 39.9. The van der Waals surface area contributed by atoms with Crippen LogP contribution in [0.25, 0.3) is 0 Å². The molecule has 4 aromatic heterocycles. The topological polar surface area (TPSA) is 324 Å². The van der Waals surface area contributed by atoms with Crippen LogP contribution in [0.5, 0.6) is 0 Å². The van der Waals surface area contributed by atoms with E-state index in [4.69, 9.17) is 42.0 Å². The summed E-state index contributed by atoms with van der Waals surface area (Å²) in [7, 11) is 7.36. The zero-order chi connectivity index (χ0) is 86.3. The smallest absolute Gasteiger partial charge is 0.414 e. The Balaban J connectivity index is 0.000000452. The third kappa shape index (κ3) is 30.3. The number of piperidine rings is 5. The molecule has 0 bridgehead atoms. The van der Waals surface area contributed by atoms with Crippen molar-refractivity contribution in [3.8, 4) is 0 Å². The Morgan fingerprint density at radius 3 is 1.08 bits per heavy atom. The van der Waals surface area contributed by atoms with E-state index in [-0.39, 0.29) is 105 Å². The number of carboxylic acid groups (broad SMARTS) is 1. The van der Waals surface area contributed by atoms with Crippen molar-refractivity contribution in [1.82, 2.24) is 55.0 Å². The Hall–Kier alpha value is -7.32. The highest BCUT2D eigenvalue weighted by Gasteiger charge is 2.50. The molecule has 640 valence electrons. The third-order valence-electron chi connectivity index (χ3n) is 20.0. The Morgan fingerprint density at radius 2 is 0.798 bits per heavy atom. The second kappa shape index (κ2) is 44.3. The highest BCUT2D eigenvalue weighted by atomic mass is 36.0. The molecule has 0 radical (unpaired) electrons. The average Bonchev–Trinajstić information content (AvgIpc) is 0.805. The van der Waals surface area contributed by atoms with Gasteiger partial charge >= 0.3 is 18.2 Å². The first-order chi connectivity index (χ1) is 52.0. The van der Waals surface area contributed by atoms with E-state index in [9.17, 15) is 82.3 Å². The fraction of sp³-hybridized carbons (Fsp3) is 0.639. The van der Waals surface area contributed by atoms with Crippen molar-refractivity contribution in [3.05, 3.63) is 90.2 Å². The first-order valence-electron chi connectivity index (χ1n) is 35.3. The molecular formula is C72H99Cl5F10N14O12S. The third-order valence-corrected chi connectivity index (χ3v) is 20.7. The molecule has 2 N–H and O–H groups in total. The standard InChI is InChI=1S/C13H22FNO3.C13H20FNO3.C12H15F2N3O.C11H12ClF2N3O.C11H13F2N3O2.C8H14FNO.C4H2ClFN2.Cl2OS.ClH/c2*1-9(16)13(5)6-7-15(8-10(13)14)11(17)18-12(2,3)4;1-8(18)12(2)3-4-17(7-10(12)14)11-15-5-9(13)6-16-11;1-11(9(12)18)2-3-17(6-8(11)14)10-15-4-7(13)5-16-10;1-11(9(17)18)2-3-16(6-8(11)13)10-14-4-7(12)5-15-10;1-6(11)8(2)3-4-10-5-7(8)9;5-4-7-1-3(6)2-8-4;1-4(2)3;/h10H,6-8H2,1-5H3;8H,6-7H2,1-5H3;5-6,10H,3-4,7H2,1-2H3;4-5,8H,2-3,6H2,1H3;4-5,8H,2-3,6H2,1H3,(H,17,18);7,10H,3-5H2,1-2H3;1-2H;;1H/t10-,13-;;10-,12-;2*8-,11+;7-,8-;;;/m1.1111.../s1. The summed E-state index contributed by atoms with van der Waals surface area (Å²) >= 11 is 10.7. The zero-order valence-corrected chi connectivity index (χ0v) is 70.6. The number of nitrogens with one attached hydrogen (secondary N) is 1. The molecule has 11 atom stereocenters. The van der Waals surface area contributed by atoms with Gasteiger partial charge in [-0.25, -0.2) is 97.6 Å². The zero-order valence-electron chi connectivity index (χ0n) is 66.0. The number of halogens is 15. The van der Waals surface area contributed by atoms with E-state index in [2.05, 4.69) is 66.6 Å². The fourth-order valence-electron chi connectivity index (χ4n) is 11.0. The number of hydrogen-bond acceptors (Lipinski definition) is 23. The molecule has 2 amide bonds. The van der Waals surface area contributed by atoms with Crippen LogP contribution in [0, 0.1) is 55.8 Å². The number of anilines is 3. The lowest BCUT2D eigenvalue weighted by Crippen LogP contribution is -2.53. The summed E-state index contributed by atoms with van der Waals surface area (Å²) in [6.45, 7) is 28.3. The minimum Gasteiger partial charge on any atom is -0.481 e. The van der Waals surface area contributed by atoms with Crippen LogP contribution in [-0.4, -0.2) is 220 Å². The normalized spacial score (nSPS) is 26.5. The van der Waals surface area contributed by atoms with Gasteiger partial charge in [-0.05, 0) is 179 Å². The van der Waals surface area contributed by atoms with Gasteiger partial charge in [0, 0.05) is 66.8 Å². The van der Waals surface area contributed by atoms with Crippen LogP contribution >= 0.6 is 57.0 Å². The molecule has 26 nitrogen and oxygen atoms in total. The number of hydrogen-bond donors (Lipinski definition) is 2. The summed E-state index contributed by atoms with van der Waals surface area (Å²) in [6.07, 6.45) is 3.64. The van der Waals surface area contributed by atoms with Crippen molar-refractivity contribution in [2.45, 2.75) is 191 Å². The van der Waals surface area contributed by atoms with E-state index in [1.807, 2.05) is 0 Å². The minimum absolute atomic E-state index is 0. The lowest BCUT2D eigenvalue weighted by Gasteiger charge is -2.40. The molecule has 42 heteroatoms. The molecule has 0 aliphatic carbocycles. The maximum atomic E-state index is 14.1. The van der Waals surface area contributed by atoms with Gasteiger partial charge < -0.3 is 39.5 Å². The molecular weight excluding hydrogens is 1650 g/mol. The van der Waals surface area contributed by atoms with Crippen molar-refractivity contribution in [2.75, 3.05) is 86.7 Å². The van der Waals surface area contributed by atoms with Gasteiger partial charge in [0.1, 0.15) is 71.0 Å². The highest BCUT2D eigenvalue weighted by Crippen LogP contribution is 2.41. The van der Waals surface area contributed by atoms with Crippen molar-refractivity contribution < 1.29 is 101 Å². The fourth-order valence-corrected chi connectivity index (χ4v) is 11.3.